The van der Waals surface area contributed by atoms with Crippen LogP contribution in [0.4, 0.5) is 0 Å². The predicted molar refractivity (Wildman–Crippen MR) is 75.1 cm³/mol. The fourth-order valence-corrected chi connectivity index (χ4v) is 2.56. The van der Waals surface area contributed by atoms with Gasteiger partial charge in [-0.05, 0) is 37.9 Å². The van der Waals surface area contributed by atoms with Crippen LogP contribution in [0.15, 0.2) is 24.3 Å². The molecule has 0 bridgehead atoms. The zero-order chi connectivity index (χ0) is 12.8. The van der Waals surface area contributed by atoms with E-state index in [0.717, 1.165) is 31.5 Å². The highest BCUT2D eigenvalue weighted by Gasteiger charge is 2.14. The molecule has 98 valence electrons. The summed E-state index contributed by atoms with van der Waals surface area (Å²) in [5.74, 6) is 0.264. The third-order valence-corrected chi connectivity index (χ3v) is 3.63. The lowest BCUT2D eigenvalue weighted by Crippen LogP contribution is -2.34. The van der Waals surface area contributed by atoms with E-state index in [-0.39, 0.29) is 5.78 Å². The maximum Gasteiger partial charge on any atom is 0.176 e. The van der Waals surface area contributed by atoms with Gasteiger partial charge in [0.05, 0.1) is 6.54 Å². The lowest BCUT2D eigenvalue weighted by molar-refractivity contribution is 0.0915. The number of hydrogen-bond acceptors (Lipinski definition) is 2. The lowest BCUT2D eigenvalue weighted by Gasteiger charge is -2.25. The molecule has 0 aliphatic carbocycles. The number of piperidine rings is 1. The summed E-state index contributed by atoms with van der Waals surface area (Å²) in [7, 11) is 0. The van der Waals surface area contributed by atoms with E-state index in [1.54, 1.807) is 0 Å². The average molecular weight is 245 g/mol. The minimum atomic E-state index is 0.264. The summed E-state index contributed by atoms with van der Waals surface area (Å²) < 4.78 is 0. The fraction of sp³-hybridized carbons (Fsp3) is 0.562. The summed E-state index contributed by atoms with van der Waals surface area (Å²) in [5, 5.41) is 0. The van der Waals surface area contributed by atoms with Gasteiger partial charge >= 0.3 is 0 Å². The topological polar surface area (TPSA) is 20.3 Å². The Morgan fingerprint density at radius 1 is 1.11 bits per heavy atom. The number of likely N-dealkylation sites (tertiary alicyclic amines) is 1. The van der Waals surface area contributed by atoms with Crippen molar-refractivity contribution in [3.05, 3.63) is 35.4 Å². The summed E-state index contributed by atoms with van der Waals surface area (Å²) in [6.45, 7) is 4.93. The van der Waals surface area contributed by atoms with Crippen LogP contribution in [0.25, 0.3) is 0 Å². The Bertz CT molecular complexity index is 377. The minimum absolute atomic E-state index is 0.264. The Morgan fingerprint density at radius 2 is 1.78 bits per heavy atom. The normalized spacial score (nSPS) is 16.7. The SMILES string of the molecule is CCCc1ccc(C(=O)CN2CCCCC2)cc1. The molecule has 1 aliphatic heterocycles. The summed E-state index contributed by atoms with van der Waals surface area (Å²) >= 11 is 0. The largest absolute Gasteiger partial charge is 0.296 e. The highest BCUT2D eigenvalue weighted by molar-refractivity contribution is 5.97. The van der Waals surface area contributed by atoms with Gasteiger partial charge in [0, 0.05) is 5.56 Å². The van der Waals surface area contributed by atoms with Crippen LogP contribution < -0.4 is 0 Å². The fourth-order valence-electron chi connectivity index (χ4n) is 2.56. The van der Waals surface area contributed by atoms with Gasteiger partial charge in [-0.25, -0.2) is 0 Å². The van der Waals surface area contributed by atoms with Crippen LogP contribution in [0.5, 0.6) is 0 Å². The second-order valence-electron chi connectivity index (χ2n) is 5.21. The molecule has 0 amide bonds. The molecule has 0 atom stereocenters. The van der Waals surface area contributed by atoms with Crippen LogP contribution in [0.1, 0.15) is 48.5 Å². The zero-order valence-corrected chi connectivity index (χ0v) is 11.3. The first-order valence-corrected chi connectivity index (χ1v) is 7.14. The summed E-state index contributed by atoms with van der Waals surface area (Å²) in [5.41, 5.74) is 2.19. The van der Waals surface area contributed by atoms with Crippen LogP contribution >= 0.6 is 0 Å². The van der Waals surface area contributed by atoms with Gasteiger partial charge < -0.3 is 0 Å². The third kappa shape index (κ3) is 3.67. The molecule has 0 aromatic heterocycles. The molecule has 1 aliphatic rings. The Hall–Kier alpha value is -1.15. The standard InChI is InChI=1S/C16H23NO/c1-2-6-14-7-9-15(10-8-14)16(18)13-17-11-4-3-5-12-17/h7-10H,2-6,11-13H2,1H3. The highest BCUT2D eigenvalue weighted by Crippen LogP contribution is 2.11. The summed E-state index contributed by atoms with van der Waals surface area (Å²) in [6.07, 6.45) is 6.05. The zero-order valence-electron chi connectivity index (χ0n) is 11.3. The molecule has 2 heteroatoms. The molecule has 2 rings (SSSR count). The van der Waals surface area contributed by atoms with Gasteiger partial charge in [-0.15, -0.1) is 0 Å². The second-order valence-corrected chi connectivity index (χ2v) is 5.21. The maximum atomic E-state index is 12.1. The van der Waals surface area contributed by atoms with Gasteiger partial charge in [0.25, 0.3) is 0 Å². The van der Waals surface area contributed by atoms with Crippen LogP contribution in [-0.2, 0) is 6.42 Å². The Kier molecular flexibility index (Phi) is 4.94. The molecule has 1 fully saturated rings. The molecule has 1 aromatic carbocycles. The quantitative estimate of drug-likeness (QED) is 0.742. The third-order valence-electron chi connectivity index (χ3n) is 3.63. The Labute approximate surface area is 110 Å². The van der Waals surface area contributed by atoms with E-state index in [4.69, 9.17) is 0 Å². The van der Waals surface area contributed by atoms with Crippen LogP contribution in [0.2, 0.25) is 0 Å². The van der Waals surface area contributed by atoms with Crippen molar-refractivity contribution in [1.82, 2.24) is 4.90 Å². The van der Waals surface area contributed by atoms with E-state index < -0.39 is 0 Å². The molecule has 0 N–H and O–H groups in total. The number of aryl methyl sites for hydroxylation is 1. The monoisotopic (exact) mass is 245 g/mol. The molecular formula is C16H23NO. The predicted octanol–water partition coefficient (Wildman–Crippen LogP) is 3.31. The Morgan fingerprint density at radius 3 is 2.39 bits per heavy atom. The second kappa shape index (κ2) is 6.69. The Balaban J connectivity index is 1.91. The van der Waals surface area contributed by atoms with Crippen molar-refractivity contribution < 1.29 is 4.79 Å². The van der Waals surface area contributed by atoms with Gasteiger partial charge in [-0.3, -0.25) is 9.69 Å². The van der Waals surface area contributed by atoms with Crippen molar-refractivity contribution in [3.8, 4) is 0 Å². The van der Waals surface area contributed by atoms with E-state index in [9.17, 15) is 4.79 Å². The number of nitrogens with zero attached hydrogens (tertiary/aromatic N) is 1. The van der Waals surface area contributed by atoms with Crippen molar-refractivity contribution in [3.63, 3.8) is 0 Å². The van der Waals surface area contributed by atoms with Gasteiger partial charge in [-0.1, -0.05) is 44.0 Å². The van der Waals surface area contributed by atoms with Gasteiger partial charge in [0.1, 0.15) is 0 Å². The molecular weight excluding hydrogens is 222 g/mol. The van der Waals surface area contributed by atoms with Crippen LogP contribution in [0, 0.1) is 0 Å². The van der Waals surface area contributed by atoms with Crippen molar-refractivity contribution in [2.75, 3.05) is 19.6 Å². The lowest BCUT2D eigenvalue weighted by atomic mass is 10.0. The minimum Gasteiger partial charge on any atom is -0.296 e. The van der Waals surface area contributed by atoms with Gasteiger partial charge in [-0.2, -0.15) is 0 Å². The van der Waals surface area contributed by atoms with Gasteiger partial charge in [0.15, 0.2) is 5.78 Å². The number of Topliss-reactive ketones (excluding diaryl/α,β-unsaturated/α-hetero) is 1. The molecule has 0 unspecified atom stereocenters. The van der Waals surface area contributed by atoms with E-state index >= 15 is 0 Å². The van der Waals surface area contributed by atoms with Crippen LogP contribution in [0.3, 0.4) is 0 Å². The molecule has 0 radical (unpaired) electrons. The van der Waals surface area contributed by atoms with Crippen molar-refractivity contribution in [2.24, 2.45) is 0 Å². The molecule has 1 aromatic rings. The molecule has 18 heavy (non-hydrogen) atoms. The van der Waals surface area contributed by atoms with E-state index in [1.165, 1.54) is 24.8 Å². The van der Waals surface area contributed by atoms with Crippen molar-refractivity contribution in [2.45, 2.75) is 39.0 Å². The van der Waals surface area contributed by atoms with E-state index in [2.05, 4.69) is 24.0 Å². The number of hydrogen-bond donors (Lipinski definition) is 0. The smallest absolute Gasteiger partial charge is 0.176 e. The first-order chi connectivity index (χ1) is 8.79. The van der Waals surface area contributed by atoms with E-state index in [1.807, 2.05) is 12.1 Å². The van der Waals surface area contributed by atoms with Crippen LogP contribution in [-0.4, -0.2) is 30.3 Å². The van der Waals surface area contributed by atoms with Gasteiger partial charge in [0.2, 0.25) is 0 Å². The number of benzene rings is 1. The highest BCUT2D eigenvalue weighted by atomic mass is 16.1. The summed E-state index contributed by atoms with van der Waals surface area (Å²) in [4.78, 5) is 14.4. The van der Waals surface area contributed by atoms with Crippen molar-refractivity contribution in [1.29, 1.82) is 0 Å². The molecule has 2 nitrogen and oxygen atoms in total. The summed E-state index contributed by atoms with van der Waals surface area (Å²) in [6, 6.07) is 8.15. The number of ketones is 1. The number of carbonyl (C=O) groups excluding carboxylic acids is 1. The molecule has 0 saturated carbocycles. The maximum absolute atomic E-state index is 12.1. The molecule has 1 heterocycles. The average Bonchev–Trinajstić information content (AvgIpc) is 2.41. The van der Waals surface area contributed by atoms with Crippen molar-refractivity contribution >= 4 is 5.78 Å². The molecule has 1 saturated heterocycles. The van der Waals surface area contributed by atoms with E-state index in [0.29, 0.717) is 6.54 Å². The number of rotatable bonds is 5. The first-order valence-electron chi connectivity index (χ1n) is 7.14. The first kappa shape index (κ1) is 13.3. The number of carbonyl (C=O) groups is 1. The molecule has 0 spiro atoms.